The molecular weight excluding hydrogens is 368 g/mol. The van der Waals surface area contributed by atoms with E-state index in [1.54, 1.807) is 41.3 Å². The van der Waals surface area contributed by atoms with Crippen LogP contribution in [-0.2, 0) is 19.6 Å². The van der Waals surface area contributed by atoms with Crippen molar-refractivity contribution in [2.75, 3.05) is 29.4 Å². The Labute approximate surface area is 158 Å². The largest absolute Gasteiger partial charge is 0.491 e. The highest BCUT2D eigenvalue weighted by molar-refractivity contribution is 7.92. The predicted octanol–water partition coefficient (Wildman–Crippen LogP) is 2.64. The van der Waals surface area contributed by atoms with Gasteiger partial charge in [0.1, 0.15) is 12.4 Å². The molecule has 0 bridgehead atoms. The number of hydrogen-bond acceptors (Lipinski definition) is 5. The number of nitrogens with one attached hydrogen (secondary N) is 1. The molecule has 0 aliphatic carbocycles. The van der Waals surface area contributed by atoms with Gasteiger partial charge in [0.2, 0.25) is 0 Å². The van der Waals surface area contributed by atoms with Gasteiger partial charge in [-0.25, -0.2) is 8.42 Å². The molecule has 1 N–H and O–H groups in total. The summed E-state index contributed by atoms with van der Waals surface area (Å²) < 4.78 is 38.3. The fourth-order valence-electron chi connectivity index (χ4n) is 2.68. The number of hydrogen-bond donors (Lipinski definition) is 1. The standard InChI is InChI=1S/C19H22N2O5S/c1-14(2)26-17-7-9-18(10-8-17)27(23,24)20-15-3-5-16(6-4-15)21-11-12-25-13-19(21)22/h3-10,14,20H,11-13H2,1-2H3. The lowest BCUT2D eigenvalue weighted by Gasteiger charge is -2.26. The zero-order valence-corrected chi connectivity index (χ0v) is 16.0. The van der Waals surface area contributed by atoms with E-state index in [9.17, 15) is 13.2 Å². The van der Waals surface area contributed by atoms with Gasteiger partial charge in [-0.15, -0.1) is 0 Å². The zero-order chi connectivity index (χ0) is 19.4. The molecular formula is C19H22N2O5S. The lowest BCUT2D eigenvalue weighted by molar-refractivity contribution is -0.125. The topological polar surface area (TPSA) is 84.9 Å². The maximum atomic E-state index is 12.5. The van der Waals surface area contributed by atoms with E-state index >= 15 is 0 Å². The number of carbonyl (C=O) groups is 1. The fraction of sp³-hybridized carbons (Fsp3) is 0.316. The van der Waals surface area contributed by atoms with E-state index in [1.807, 2.05) is 13.8 Å². The summed E-state index contributed by atoms with van der Waals surface area (Å²) in [5, 5.41) is 0. The second kappa shape index (κ2) is 7.98. The fourth-order valence-corrected chi connectivity index (χ4v) is 3.74. The van der Waals surface area contributed by atoms with Gasteiger partial charge in [0.05, 0.1) is 17.6 Å². The molecule has 2 aromatic carbocycles. The number of morpholine rings is 1. The molecule has 1 saturated heterocycles. The summed E-state index contributed by atoms with van der Waals surface area (Å²) >= 11 is 0. The van der Waals surface area contributed by atoms with Crippen LogP contribution in [0.1, 0.15) is 13.8 Å². The van der Waals surface area contributed by atoms with Crippen molar-refractivity contribution >= 4 is 27.3 Å². The van der Waals surface area contributed by atoms with E-state index < -0.39 is 10.0 Å². The van der Waals surface area contributed by atoms with Gasteiger partial charge in [0.15, 0.2) is 0 Å². The van der Waals surface area contributed by atoms with E-state index in [4.69, 9.17) is 9.47 Å². The molecule has 0 unspecified atom stereocenters. The van der Waals surface area contributed by atoms with Crippen LogP contribution < -0.4 is 14.4 Å². The molecule has 1 amide bonds. The SMILES string of the molecule is CC(C)Oc1ccc(S(=O)(=O)Nc2ccc(N3CCOCC3=O)cc2)cc1. The average Bonchev–Trinajstić information content (AvgIpc) is 2.63. The molecule has 2 aromatic rings. The molecule has 0 atom stereocenters. The number of benzene rings is 2. The lowest BCUT2D eigenvalue weighted by Crippen LogP contribution is -2.41. The normalized spacial score (nSPS) is 15.1. The number of amides is 1. The maximum Gasteiger partial charge on any atom is 0.261 e. The lowest BCUT2D eigenvalue weighted by atomic mass is 10.2. The van der Waals surface area contributed by atoms with Crippen LogP contribution in [0.4, 0.5) is 11.4 Å². The first kappa shape index (κ1) is 19.2. The van der Waals surface area contributed by atoms with Gasteiger partial charge < -0.3 is 14.4 Å². The van der Waals surface area contributed by atoms with Crippen molar-refractivity contribution in [1.82, 2.24) is 0 Å². The Morgan fingerprint density at radius 3 is 2.33 bits per heavy atom. The third-order valence-corrected chi connectivity index (χ3v) is 5.32. The van der Waals surface area contributed by atoms with Crippen molar-refractivity contribution in [1.29, 1.82) is 0 Å². The van der Waals surface area contributed by atoms with Crippen molar-refractivity contribution in [3.63, 3.8) is 0 Å². The van der Waals surface area contributed by atoms with Crippen LogP contribution in [0.5, 0.6) is 5.75 Å². The summed E-state index contributed by atoms with van der Waals surface area (Å²) in [5.41, 5.74) is 1.13. The molecule has 7 nitrogen and oxygen atoms in total. The molecule has 0 aromatic heterocycles. The highest BCUT2D eigenvalue weighted by Crippen LogP contribution is 2.23. The second-order valence-electron chi connectivity index (χ2n) is 6.39. The minimum atomic E-state index is -3.71. The summed E-state index contributed by atoms with van der Waals surface area (Å²) in [6.07, 6.45) is 0.0162. The summed E-state index contributed by atoms with van der Waals surface area (Å²) in [7, 11) is -3.71. The van der Waals surface area contributed by atoms with Crippen molar-refractivity contribution in [3.8, 4) is 5.75 Å². The molecule has 27 heavy (non-hydrogen) atoms. The van der Waals surface area contributed by atoms with E-state index in [-0.39, 0.29) is 23.5 Å². The maximum absolute atomic E-state index is 12.5. The van der Waals surface area contributed by atoms with Gasteiger partial charge in [0, 0.05) is 17.9 Å². The molecule has 0 saturated carbocycles. The first-order chi connectivity index (χ1) is 12.8. The number of carbonyl (C=O) groups excluding carboxylic acids is 1. The van der Waals surface area contributed by atoms with Crippen LogP contribution in [0.25, 0.3) is 0 Å². The third-order valence-electron chi connectivity index (χ3n) is 3.92. The summed E-state index contributed by atoms with van der Waals surface area (Å²) in [6, 6.07) is 12.9. The summed E-state index contributed by atoms with van der Waals surface area (Å²) in [5.74, 6) is 0.502. The Bertz CT molecular complexity index is 893. The van der Waals surface area contributed by atoms with Crippen LogP contribution in [0, 0.1) is 0 Å². The molecule has 144 valence electrons. The Morgan fingerprint density at radius 1 is 1.07 bits per heavy atom. The van der Waals surface area contributed by atoms with Crippen molar-refractivity contribution in [2.45, 2.75) is 24.8 Å². The Hall–Kier alpha value is -2.58. The van der Waals surface area contributed by atoms with E-state index in [0.29, 0.717) is 30.3 Å². The number of ether oxygens (including phenoxy) is 2. The molecule has 1 heterocycles. The summed E-state index contributed by atoms with van der Waals surface area (Å²) in [6.45, 7) is 4.83. The Balaban J connectivity index is 1.71. The van der Waals surface area contributed by atoms with E-state index in [2.05, 4.69) is 4.72 Å². The number of nitrogens with zero attached hydrogens (tertiary/aromatic N) is 1. The number of anilines is 2. The van der Waals surface area contributed by atoms with Gasteiger partial charge in [0.25, 0.3) is 15.9 Å². The molecule has 1 fully saturated rings. The molecule has 8 heteroatoms. The average molecular weight is 390 g/mol. The van der Waals surface area contributed by atoms with Gasteiger partial charge in [-0.1, -0.05) is 0 Å². The van der Waals surface area contributed by atoms with Crippen molar-refractivity contribution in [2.24, 2.45) is 0 Å². The second-order valence-corrected chi connectivity index (χ2v) is 8.07. The highest BCUT2D eigenvalue weighted by Gasteiger charge is 2.20. The van der Waals surface area contributed by atoms with Crippen LogP contribution >= 0.6 is 0 Å². The van der Waals surface area contributed by atoms with Gasteiger partial charge in [-0.3, -0.25) is 9.52 Å². The Morgan fingerprint density at radius 2 is 1.74 bits per heavy atom. The number of rotatable bonds is 6. The Kier molecular flexibility index (Phi) is 5.67. The van der Waals surface area contributed by atoms with Crippen LogP contribution in [0.3, 0.4) is 0 Å². The number of sulfonamides is 1. The minimum Gasteiger partial charge on any atom is -0.491 e. The zero-order valence-electron chi connectivity index (χ0n) is 15.2. The molecule has 0 spiro atoms. The molecule has 1 aliphatic heterocycles. The predicted molar refractivity (Wildman–Crippen MR) is 103 cm³/mol. The van der Waals surface area contributed by atoms with Crippen molar-refractivity contribution < 1.29 is 22.7 Å². The first-order valence-electron chi connectivity index (χ1n) is 8.63. The van der Waals surface area contributed by atoms with E-state index in [0.717, 1.165) is 0 Å². The van der Waals surface area contributed by atoms with Gasteiger partial charge in [-0.2, -0.15) is 0 Å². The van der Waals surface area contributed by atoms with Crippen LogP contribution in [0.2, 0.25) is 0 Å². The molecule has 0 radical (unpaired) electrons. The minimum absolute atomic E-state index is 0.0162. The van der Waals surface area contributed by atoms with Crippen LogP contribution in [-0.4, -0.2) is 40.2 Å². The van der Waals surface area contributed by atoms with E-state index in [1.165, 1.54) is 12.1 Å². The quantitative estimate of drug-likeness (QED) is 0.820. The highest BCUT2D eigenvalue weighted by atomic mass is 32.2. The third kappa shape index (κ3) is 4.78. The van der Waals surface area contributed by atoms with Crippen LogP contribution in [0.15, 0.2) is 53.4 Å². The first-order valence-corrected chi connectivity index (χ1v) is 10.1. The van der Waals surface area contributed by atoms with Gasteiger partial charge >= 0.3 is 0 Å². The van der Waals surface area contributed by atoms with Crippen molar-refractivity contribution in [3.05, 3.63) is 48.5 Å². The molecule has 3 rings (SSSR count). The summed E-state index contributed by atoms with van der Waals surface area (Å²) in [4.78, 5) is 13.6. The monoisotopic (exact) mass is 390 g/mol. The van der Waals surface area contributed by atoms with Gasteiger partial charge in [-0.05, 0) is 62.4 Å². The smallest absolute Gasteiger partial charge is 0.261 e. The molecule has 1 aliphatic rings.